The molecule has 2 aromatic carbocycles. The van der Waals surface area contributed by atoms with Gasteiger partial charge in [-0.05, 0) is 42.3 Å². The van der Waals surface area contributed by atoms with Gasteiger partial charge in [-0.3, -0.25) is 4.79 Å². The molecule has 1 N–H and O–H groups in total. The van der Waals surface area contributed by atoms with Gasteiger partial charge in [-0.1, -0.05) is 36.4 Å². The van der Waals surface area contributed by atoms with Crippen LogP contribution >= 0.6 is 11.6 Å². The van der Waals surface area contributed by atoms with Crippen molar-refractivity contribution in [1.29, 1.82) is 0 Å². The number of ketones is 1. The van der Waals surface area contributed by atoms with Gasteiger partial charge in [0.2, 0.25) is 0 Å². The lowest BCUT2D eigenvalue weighted by molar-refractivity contribution is 0.0980. The topological polar surface area (TPSA) is 46.5 Å². The Hall–Kier alpha value is -2.26. The van der Waals surface area contributed by atoms with E-state index in [0.717, 1.165) is 5.56 Å². The highest BCUT2D eigenvalue weighted by molar-refractivity contribution is 6.30. The third-order valence-electron chi connectivity index (χ3n) is 3.19. The van der Waals surface area contributed by atoms with Crippen LogP contribution in [0.5, 0.6) is 11.5 Å². The predicted molar refractivity (Wildman–Crippen MR) is 87.9 cm³/mol. The second-order valence-electron chi connectivity index (χ2n) is 4.83. The first kappa shape index (κ1) is 16.1. The van der Waals surface area contributed by atoms with Crippen LogP contribution in [0.4, 0.5) is 0 Å². The van der Waals surface area contributed by atoms with E-state index in [1.165, 1.54) is 6.07 Å². The van der Waals surface area contributed by atoms with E-state index >= 15 is 0 Å². The monoisotopic (exact) mass is 316 g/mol. The average molecular weight is 317 g/mol. The molecule has 0 unspecified atom stereocenters. The molecule has 0 saturated carbocycles. The Balaban J connectivity index is 2.04. The normalized spacial score (nSPS) is 10.2. The molecule has 0 aliphatic carbocycles. The van der Waals surface area contributed by atoms with Crippen molar-refractivity contribution in [3.63, 3.8) is 0 Å². The maximum atomic E-state index is 12.3. The zero-order chi connectivity index (χ0) is 15.9. The van der Waals surface area contributed by atoms with Crippen LogP contribution in [0.15, 0.2) is 55.1 Å². The van der Waals surface area contributed by atoms with Crippen LogP contribution in [0.3, 0.4) is 0 Å². The van der Waals surface area contributed by atoms with E-state index < -0.39 is 0 Å². The van der Waals surface area contributed by atoms with Gasteiger partial charge in [-0.2, -0.15) is 0 Å². The molecule has 0 bridgehead atoms. The van der Waals surface area contributed by atoms with E-state index in [9.17, 15) is 9.90 Å². The SMILES string of the molecule is C=CCOc1ccc(O)c(C(=O)CCc2ccc(Cl)cc2)c1. The van der Waals surface area contributed by atoms with Gasteiger partial charge < -0.3 is 9.84 Å². The molecule has 4 heteroatoms. The first-order valence-electron chi connectivity index (χ1n) is 6.94. The Morgan fingerprint density at radius 2 is 1.95 bits per heavy atom. The molecule has 3 nitrogen and oxygen atoms in total. The summed E-state index contributed by atoms with van der Waals surface area (Å²) in [4.78, 5) is 12.3. The molecule has 0 amide bonds. The maximum Gasteiger partial charge on any atom is 0.167 e. The second kappa shape index (κ2) is 7.66. The van der Waals surface area contributed by atoms with Gasteiger partial charge in [0, 0.05) is 11.4 Å². The van der Waals surface area contributed by atoms with Crippen molar-refractivity contribution in [2.24, 2.45) is 0 Å². The quantitative estimate of drug-likeness (QED) is 0.607. The lowest BCUT2D eigenvalue weighted by Crippen LogP contribution is -2.03. The smallest absolute Gasteiger partial charge is 0.167 e. The molecule has 2 rings (SSSR count). The Morgan fingerprint density at radius 3 is 2.64 bits per heavy atom. The first-order chi connectivity index (χ1) is 10.6. The van der Waals surface area contributed by atoms with Crippen LogP contribution in [-0.4, -0.2) is 17.5 Å². The molecule has 22 heavy (non-hydrogen) atoms. The number of benzene rings is 2. The molecule has 0 saturated heterocycles. The van der Waals surface area contributed by atoms with Gasteiger partial charge in [0.25, 0.3) is 0 Å². The number of phenolic OH excluding ortho intramolecular Hbond substituents is 1. The van der Waals surface area contributed by atoms with Crippen molar-refractivity contribution in [1.82, 2.24) is 0 Å². The highest BCUT2D eigenvalue weighted by Gasteiger charge is 2.12. The summed E-state index contributed by atoms with van der Waals surface area (Å²) in [5, 5.41) is 10.5. The average Bonchev–Trinajstić information content (AvgIpc) is 2.53. The fourth-order valence-electron chi connectivity index (χ4n) is 2.03. The molecule has 0 aliphatic heterocycles. The van der Waals surface area contributed by atoms with Gasteiger partial charge in [0.1, 0.15) is 18.1 Å². The lowest BCUT2D eigenvalue weighted by Gasteiger charge is -2.08. The van der Waals surface area contributed by atoms with E-state index in [-0.39, 0.29) is 17.1 Å². The zero-order valence-corrected chi connectivity index (χ0v) is 12.8. The Morgan fingerprint density at radius 1 is 1.23 bits per heavy atom. The number of rotatable bonds is 7. The summed E-state index contributed by atoms with van der Waals surface area (Å²) in [6, 6.07) is 12.0. The van der Waals surface area contributed by atoms with Crippen LogP contribution in [0.25, 0.3) is 0 Å². The van der Waals surface area contributed by atoms with Crippen molar-refractivity contribution in [2.75, 3.05) is 6.61 Å². The fourth-order valence-corrected chi connectivity index (χ4v) is 2.15. The largest absolute Gasteiger partial charge is 0.507 e. The zero-order valence-electron chi connectivity index (χ0n) is 12.1. The summed E-state index contributed by atoms with van der Waals surface area (Å²) in [6.07, 6.45) is 2.52. The molecule has 0 fully saturated rings. The van der Waals surface area contributed by atoms with Crippen LogP contribution in [-0.2, 0) is 6.42 Å². The molecule has 0 atom stereocenters. The lowest BCUT2D eigenvalue weighted by atomic mass is 10.0. The Bertz CT molecular complexity index is 663. The summed E-state index contributed by atoms with van der Waals surface area (Å²) in [6.45, 7) is 3.92. The molecule has 0 aliphatic rings. The number of hydrogen-bond acceptors (Lipinski definition) is 3. The second-order valence-corrected chi connectivity index (χ2v) is 5.26. The van der Waals surface area contributed by atoms with Crippen LogP contribution in [0.2, 0.25) is 5.02 Å². The minimum Gasteiger partial charge on any atom is -0.507 e. The first-order valence-corrected chi connectivity index (χ1v) is 7.32. The van der Waals surface area contributed by atoms with Crippen molar-refractivity contribution < 1.29 is 14.6 Å². The summed E-state index contributed by atoms with van der Waals surface area (Å²) in [5.41, 5.74) is 1.30. The van der Waals surface area contributed by atoms with Gasteiger partial charge in [-0.25, -0.2) is 0 Å². The molecule has 114 valence electrons. The fraction of sp³-hybridized carbons (Fsp3) is 0.167. The third-order valence-corrected chi connectivity index (χ3v) is 3.44. The number of carbonyl (C=O) groups is 1. The van der Waals surface area contributed by atoms with Gasteiger partial charge in [0.15, 0.2) is 5.78 Å². The number of carbonyl (C=O) groups excluding carboxylic acids is 1. The van der Waals surface area contributed by atoms with Crippen LogP contribution in [0.1, 0.15) is 22.3 Å². The van der Waals surface area contributed by atoms with Crippen molar-refractivity contribution in [3.8, 4) is 11.5 Å². The number of Topliss-reactive ketones (excluding diaryl/α,β-unsaturated/α-hetero) is 1. The van der Waals surface area contributed by atoms with Gasteiger partial charge >= 0.3 is 0 Å². The molecular weight excluding hydrogens is 300 g/mol. The van der Waals surface area contributed by atoms with E-state index in [2.05, 4.69) is 6.58 Å². The standard InChI is InChI=1S/C18H17ClO3/c1-2-11-22-15-8-10-18(21)16(12-15)17(20)9-5-13-3-6-14(19)7-4-13/h2-4,6-8,10,12,21H,1,5,9,11H2. The van der Waals surface area contributed by atoms with Crippen LogP contribution in [0, 0.1) is 0 Å². The highest BCUT2D eigenvalue weighted by atomic mass is 35.5. The number of halogens is 1. The van der Waals surface area contributed by atoms with E-state index in [0.29, 0.717) is 30.2 Å². The molecular formula is C18H17ClO3. The van der Waals surface area contributed by atoms with Crippen molar-refractivity contribution in [2.45, 2.75) is 12.8 Å². The Labute approximate surface area is 134 Å². The molecule has 0 aromatic heterocycles. The molecule has 2 aromatic rings. The van der Waals surface area contributed by atoms with E-state index in [4.69, 9.17) is 16.3 Å². The summed E-state index contributed by atoms with van der Waals surface area (Å²) in [5.74, 6) is 0.371. The number of phenols is 1. The van der Waals surface area contributed by atoms with E-state index in [1.54, 1.807) is 30.3 Å². The van der Waals surface area contributed by atoms with Gasteiger partial charge in [-0.15, -0.1) is 0 Å². The van der Waals surface area contributed by atoms with E-state index in [1.807, 2.05) is 12.1 Å². The van der Waals surface area contributed by atoms with Crippen molar-refractivity contribution >= 4 is 17.4 Å². The number of hydrogen-bond donors (Lipinski definition) is 1. The summed E-state index contributed by atoms with van der Waals surface area (Å²) < 4.78 is 5.38. The van der Waals surface area contributed by atoms with Gasteiger partial charge in [0.05, 0.1) is 5.56 Å². The Kier molecular flexibility index (Phi) is 5.61. The maximum absolute atomic E-state index is 12.3. The third kappa shape index (κ3) is 4.37. The molecule has 0 spiro atoms. The highest BCUT2D eigenvalue weighted by Crippen LogP contribution is 2.25. The number of aromatic hydroxyl groups is 1. The minimum absolute atomic E-state index is 0.0351. The van der Waals surface area contributed by atoms with Crippen molar-refractivity contribution in [3.05, 3.63) is 71.3 Å². The number of ether oxygens (including phenoxy) is 1. The summed E-state index contributed by atoms with van der Waals surface area (Å²) >= 11 is 5.83. The molecule has 0 radical (unpaired) electrons. The van der Waals surface area contributed by atoms with Crippen LogP contribution < -0.4 is 4.74 Å². The summed E-state index contributed by atoms with van der Waals surface area (Å²) in [7, 11) is 0. The molecule has 0 heterocycles. The predicted octanol–water partition coefficient (Wildman–Crippen LogP) is 4.43. The minimum atomic E-state index is -0.128. The number of aryl methyl sites for hydroxylation is 1.